The molecule has 0 spiro atoms. The van der Waals surface area contributed by atoms with Crippen LogP contribution in [-0.2, 0) is 14.3 Å². The number of nitrogens with zero attached hydrogens (tertiary/aromatic N) is 1. The quantitative estimate of drug-likeness (QED) is 0.843. The number of hydrogen-bond donors (Lipinski definition) is 1. The lowest BCUT2D eigenvalue weighted by Crippen LogP contribution is -2.44. The van der Waals surface area contributed by atoms with E-state index in [0.29, 0.717) is 26.1 Å². The van der Waals surface area contributed by atoms with E-state index in [0.717, 1.165) is 25.7 Å². The molecule has 0 aromatic rings. The number of carboxylic acid groups (broad SMARTS) is 1. The van der Waals surface area contributed by atoms with Gasteiger partial charge in [0.2, 0.25) is 5.91 Å². The summed E-state index contributed by atoms with van der Waals surface area (Å²) in [6.45, 7) is 1.35. The Labute approximate surface area is 113 Å². The van der Waals surface area contributed by atoms with Crippen LogP contribution >= 0.6 is 0 Å². The fourth-order valence-electron chi connectivity index (χ4n) is 3.12. The maximum atomic E-state index is 12.4. The first-order valence-corrected chi connectivity index (χ1v) is 7.17. The third kappa shape index (κ3) is 3.47. The number of carboxylic acids is 1. The minimum absolute atomic E-state index is 0.0935. The highest BCUT2D eigenvalue weighted by molar-refractivity contribution is 5.79. The van der Waals surface area contributed by atoms with Crippen LogP contribution in [0, 0.1) is 11.8 Å². The molecule has 0 radical (unpaired) electrons. The summed E-state index contributed by atoms with van der Waals surface area (Å²) in [7, 11) is 1.86. The second kappa shape index (κ2) is 6.37. The van der Waals surface area contributed by atoms with E-state index < -0.39 is 5.97 Å². The molecule has 0 bridgehead atoms. The van der Waals surface area contributed by atoms with Crippen LogP contribution in [0.2, 0.25) is 0 Å². The summed E-state index contributed by atoms with van der Waals surface area (Å²) >= 11 is 0. The second-order valence-electron chi connectivity index (χ2n) is 5.68. The van der Waals surface area contributed by atoms with Crippen LogP contribution in [0.25, 0.3) is 0 Å². The second-order valence-corrected chi connectivity index (χ2v) is 5.68. The molecule has 5 heteroatoms. The van der Waals surface area contributed by atoms with Crippen LogP contribution < -0.4 is 0 Å². The van der Waals surface area contributed by atoms with Crippen LogP contribution in [0.4, 0.5) is 0 Å². The van der Waals surface area contributed by atoms with Gasteiger partial charge in [-0.15, -0.1) is 0 Å². The molecule has 1 saturated heterocycles. The van der Waals surface area contributed by atoms with Crippen molar-refractivity contribution >= 4 is 11.9 Å². The van der Waals surface area contributed by atoms with Gasteiger partial charge in [0.1, 0.15) is 0 Å². The van der Waals surface area contributed by atoms with Gasteiger partial charge in [0.15, 0.2) is 0 Å². The standard InChI is InChI=1S/C14H23NO4/c1-15(13(16)10-6-8-19-9-7-10)12-4-2-11(3-5-12)14(17)18/h10-12H,2-9H2,1H3,(H,17,18). The molecule has 108 valence electrons. The van der Waals surface area contributed by atoms with E-state index in [1.54, 1.807) is 0 Å². The number of ether oxygens (including phenoxy) is 1. The Morgan fingerprint density at radius 3 is 2.11 bits per heavy atom. The third-order valence-electron chi connectivity index (χ3n) is 4.51. The van der Waals surface area contributed by atoms with Crippen molar-refractivity contribution in [1.82, 2.24) is 4.90 Å². The molecule has 2 fully saturated rings. The van der Waals surface area contributed by atoms with Crippen molar-refractivity contribution in [3.8, 4) is 0 Å². The minimum Gasteiger partial charge on any atom is -0.481 e. The summed E-state index contributed by atoms with van der Waals surface area (Å²) in [4.78, 5) is 25.1. The maximum Gasteiger partial charge on any atom is 0.306 e. The van der Waals surface area contributed by atoms with Crippen molar-refractivity contribution in [2.75, 3.05) is 20.3 Å². The Kier molecular flexibility index (Phi) is 4.80. The average Bonchev–Trinajstić information content (AvgIpc) is 2.46. The zero-order valence-electron chi connectivity index (χ0n) is 11.5. The summed E-state index contributed by atoms with van der Waals surface area (Å²) in [5, 5.41) is 8.98. The molecule has 1 aliphatic heterocycles. The summed E-state index contributed by atoms with van der Waals surface area (Å²) in [6, 6.07) is 0.214. The highest BCUT2D eigenvalue weighted by atomic mass is 16.5. The summed E-state index contributed by atoms with van der Waals surface area (Å²) in [5.41, 5.74) is 0. The maximum absolute atomic E-state index is 12.4. The fraction of sp³-hybridized carbons (Fsp3) is 0.857. The Morgan fingerprint density at radius 2 is 1.58 bits per heavy atom. The van der Waals surface area contributed by atoms with Gasteiger partial charge < -0.3 is 14.7 Å². The van der Waals surface area contributed by atoms with E-state index in [1.807, 2.05) is 11.9 Å². The van der Waals surface area contributed by atoms with Crippen molar-refractivity contribution in [3.63, 3.8) is 0 Å². The monoisotopic (exact) mass is 269 g/mol. The molecule has 0 atom stereocenters. The first-order chi connectivity index (χ1) is 9.09. The summed E-state index contributed by atoms with van der Waals surface area (Å²) in [6.07, 6.45) is 4.61. The molecular formula is C14H23NO4. The molecule has 1 aliphatic carbocycles. The number of hydrogen-bond acceptors (Lipinski definition) is 3. The molecule has 0 aromatic carbocycles. The van der Waals surface area contributed by atoms with Gasteiger partial charge >= 0.3 is 5.97 Å². The first kappa shape index (κ1) is 14.3. The van der Waals surface area contributed by atoms with Crippen molar-refractivity contribution in [3.05, 3.63) is 0 Å². The van der Waals surface area contributed by atoms with Gasteiger partial charge in [-0.25, -0.2) is 0 Å². The van der Waals surface area contributed by atoms with Crippen LogP contribution in [0.3, 0.4) is 0 Å². The summed E-state index contributed by atoms with van der Waals surface area (Å²) < 4.78 is 5.28. The molecule has 5 nitrogen and oxygen atoms in total. The minimum atomic E-state index is -0.697. The zero-order chi connectivity index (χ0) is 13.8. The van der Waals surface area contributed by atoms with Crippen molar-refractivity contribution in [2.24, 2.45) is 11.8 Å². The van der Waals surface area contributed by atoms with Gasteiger partial charge in [0, 0.05) is 32.2 Å². The third-order valence-corrected chi connectivity index (χ3v) is 4.51. The van der Waals surface area contributed by atoms with E-state index in [2.05, 4.69) is 0 Å². The molecular weight excluding hydrogens is 246 g/mol. The molecule has 0 unspecified atom stereocenters. The van der Waals surface area contributed by atoms with Crippen LogP contribution in [0.5, 0.6) is 0 Å². The lowest BCUT2D eigenvalue weighted by atomic mass is 9.85. The van der Waals surface area contributed by atoms with Crippen molar-refractivity contribution in [1.29, 1.82) is 0 Å². The Balaban J connectivity index is 1.84. The van der Waals surface area contributed by atoms with Gasteiger partial charge in [-0.2, -0.15) is 0 Å². The van der Waals surface area contributed by atoms with E-state index in [9.17, 15) is 9.59 Å². The molecule has 1 amide bonds. The van der Waals surface area contributed by atoms with Gasteiger partial charge in [-0.1, -0.05) is 0 Å². The molecule has 19 heavy (non-hydrogen) atoms. The van der Waals surface area contributed by atoms with Crippen LogP contribution in [-0.4, -0.2) is 48.2 Å². The van der Waals surface area contributed by atoms with Crippen LogP contribution in [0.1, 0.15) is 38.5 Å². The lowest BCUT2D eigenvalue weighted by Gasteiger charge is -2.36. The van der Waals surface area contributed by atoms with Crippen LogP contribution in [0.15, 0.2) is 0 Å². The fourth-order valence-corrected chi connectivity index (χ4v) is 3.12. The zero-order valence-corrected chi connectivity index (χ0v) is 11.5. The Bertz CT molecular complexity index is 330. The lowest BCUT2D eigenvalue weighted by molar-refractivity contribution is -0.144. The topological polar surface area (TPSA) is 66.8 Å². The Hall–Kier alpha value is -1.10. The van der Waals surface area contributed by atoms with Gasteiger partial charge in [-0.3, -0.25) is 9.59 Å². The van der Waals surface area contributed by atoms with E-state index >= 15 is 0 Å². The predicted molar refractivity (Wildman–Crippen MR) is 69.7 cm³/mol. The van der Waals surface area contributed by atoms with Crippen molar-refractivity contribution < 1.29 is 19.4 Å². The molecule has 1 saturated carbocycles. The molecule has 1 N–H and O–H groups in total. The van der Waals surface area contributed by atoms with Crippen molar-refractivity contribution in [2.45, 2.75) is 44.6 Å². The molecule has 2 aliphatic rings. The first-order valence-electron chi connectivity index (χ1n) is 7.17. The SMILES string of the molecule is CN(C(=O)C1CCOCC1)C1CCC(C(=O)O)CC1. The largest absolute Gasteiger partial charge is 0.481 e. The normalized spacial score (nSPS) is 28.9. The number of carbonyl (C=O) groups excluding carboxylic acids is 1. The van der Waals surface area contributed by atoms with E-state index in [-0.39, 0.29) is 23.8 Å². The smallest absolute Gasteiger partial charge is 0.306 e. The molecule has 0 aromatic heterocycles. The number of amides is 1. The van der Waals surface area contributed by atoms with E-state index in [1.165, 1.54) is 0 Å². The highest BCUT2D eigenvalue weighted by Gasteiger charge is 2.32. The average molecular weight is 269 g/mol. The summed E-state index contributed by atoms with van der Waals surface area (Å²) in [5.74, 6) is -0.613. The Morgan fingerprint density at radius 1 is 1.00 bits per heavy atom. The number of carbonyl (C=O) groups is 2. The predicted octanol–water partition coefficient (Wildman–Crippen LogP) is 1.51. The van der Waals surface area contributed by atoms with Gasteiger partial charge in [0.25, 0.3) is 0 Å². The highest BCUT2D eigenvalue weighted by Crippen LogP contribution is 2.29. The molecule has 2 rings (SSSR count). The van der Waals surface area contributed by atoms with E-state index in [4.69, 9.17) is 9.84 Å². The van der Waals surface area contributed by atoms with Gasteiger partial charge in [0.05, 0.1) is 5.92 Å². The molecule has 1 heterocycles. The van der Waals surface area contributed by atoms with Gasteiger partial charge in [-0.05, 0) is 38.5 Å². The number of rotatable bonds is 3. The number of aliphatic carboxylic acids is 1.